The quantitative estimate of drug-likeness (QED) is 0.932. The molecular formula is C13H13Cl2N3O. The monoisotopic (exact) mass is 297 g/mol. The van der Waals surface area contributed by atoms with Gasteiger partial charge in [0, 0.05) is 18.4 Å². The van der Waals surface area contributed by atoms with Crippen molar-refractivity contribution in [1.29, 1.82) is 0 Å². The molecule has 0 saturated heterocycles. The molecule has 0 radical (unpaired) electrons. The first-order chi connectivity index (χ1) is 9.10. The summed E-state index contributed by atoms with van der Waals surface area (Å²) in [6.45, 7) is 2.84. The van der Waals surface area contributed by atoms with E-state index in [1.807, 2.05) is 0 Å². The second-order valence-electron chi connectivity index (χ2n) is 4.05. The normalized spacial score (nSPS) is 10.5. The summed E-state index contributed by atoms with van der Waals surface area (Å²) in [7, 11) is 0. The highest BCUT2D eigenvalue weighted by molar-refractivity contribution is 6.42. The van der Waals surface area contributed by atoms with Gasteiger partial charge in [-0.1, -0.05) is 30.1 Å². The van der Waals surface area contributed by atoms with Crippen LogP contribution in [0.4, 0.5) is 5.69 Å². The molecule has 1 aromatic carbocycles. The molecule has 0 aliphatic heterocycles. The Kier molecular flexibility index (Phi) is 4.45. The van der Waals surface area contributed by atoms with Crippen molar-refractivity contribution in [3.05, 3.63) is 46.2 Å². The summed E-state index contributed by atoms with van der Waals surface area (Å²) in [6.07, 6.45) is 2.75. The van der Waals surface area contributed by atoms with Crippen molar-refractivity contribution >= 4 is 34.8 Å². The molecule has 19 heavy (non-hydrogen) atoms. The molecule has 0 bridgehead atoms. The van der Waals surface area contributed by atoms with Crippen LogP contribution in [0.3, 0.4) is 0 Å². The molecule has 0 aliphatic carbocycles. The fraction of sp³-hybridized carbons (Fsp3) is 0.231. The van der Waals surface area contributed by atoms with E-state index in [1.54, 1.807) is 35.1 Å². The van der Waals surface area contributed by atoms with E-state index in [-0.39, 0.29) is 5.91 Å². The highest BCUT2D eigenvalue weighted by Gasteiger charge is 2.10. The average molecular weight is 298 g/mol. The fourth-order valence-electron chi connectivity index (χ4n) is 1.61. The van der Waals surface area contributed by atoms with Crippen molar-refractivity contribution in [3.63, 3.8) is 0 Å². The number of halogens is 2. The third kappa shape index (κ3) is 3.49. The van der Waals surface area contributed by atoms with Gasteiger partial charge in [-0.25, -0.2) is 0 Å². The van der Waals surface area contributed by atoms with Crippen molar-refractivity contribution in [2.75, 3.05) is 5.32 Å². The first kappa shape index (κ1) is 13.9. The molecule has 1 N–H and O–H groups in total. The van der Waals surface area contributed by atoms with Gasteiger partial charge in [-0.2, -0.15) is 5.10 Å². The van der Waals surface area contributed by atoms with E-state index in [2.05, 4.69) is 17.3 Å². The number of carbonyl (C=O) groups is 1. The van der Waals surface area contributed by atoms with Crippen LogP contribution in [0, 0.1) is 0 Å². The largest absolute Gasteiger partial charge is 0.321 e. The van der Waals surface area contributed by atoms with Gasteiger partial charge in [-0.05, 0) is 30.7 Å². The van der Waals surface area contributed by atoms with Crippen molar-refractivity contribution < 1.29 is 4.79 Å². The van der Waals surface area contributed by atoms with Gasteiger partial charge in [0.25, 0.3) is 5.91 Å². The van der Waals surface area contributed by atoms with E-state index in [1.165, 1.54) is 0 Å². The zero-order chi connectivity index (χ0) is 13.8. The van der Waals surface area contributed by atoms with Crippen LogP contribution >= 0.6 is 23.2 Å². The lowest BCUT2D eigenvalue weighted by Crippen LogP contribution is -2.13. The summed E-state index contributed by atoms with van der Waals surface area (Å²) in [4.78, 5) is 12.0. The Hall–Kier alpha value is -1.52. The van der Waals surface area contributed by atoms with Crippen molar-refractivity contribution in [2.24, 2.45) is 0 Å². The minimum absolute atomic E-state index is 0.270. The van der Waals surface area contributed by atoms with Crippen LogP contribution in [-0.4, -0.2) is 15.7 Å². The van der Waals surface area contributed by atoms with E-state index < -0.39 is 0 Å². The standard InChI is InChI=1S/C13H13Cl2N3O/c1-2-6-18-7-5-12(17-18)13(19)16-9-3-4-10(14)11(15)8-9/h3-5,7-8H,2,6H2,1H3,(H,16,19). The Labute approximate surface area is 121 Å². The average Bonchev–Trinajstić information content (AvgIpc) is 2.83. The van der Waals surface area contributed by atoms with E-state index >= 15 is 0 Å². The molecule has 6 heteroatoms. The van der Waals surface area contributed by atoms with E-state index in [0.717, 1.165) is 13.0 Å². The van der Waals surface area contributed by atoms with Gasteiger partial charge >= 0.3 is 0 Å². The predicted molar refractivity (Wildman–Crippen MR) is 76.9 cm³/mol. The molecule has 4 nitrogen and oxygen atoms in total. The van der Waals surface area contributed by atoms with Crippen LogP contribution in [0.2, 0.25) is 10.0 Å². The summed E-state index contributed by atoms with van der Waals surface area (Å²) in [5, 5.41) is 7.76. The van der Waals surface area contributed by atoms with Gasteiger partial charge in [0.15, 0.2) is 5.69 Å². The van der Waals surface area contributed by atoms with Gasteiger partial charge in [0.05, 0.1) is 10.0 Å². The number of amides is 1. The minimum atomic E-state index is -0.270. The number of aromatic nitrogens is 2. The maximum Gasteiger partial charge on any atom is 0.276 e. The Bertz CT molecular complexity index is 595. The van der Waals surface area contributed by atoms with Crippen LogP contribution in [0.5, 0.6) is 0 Å². The molecule has 0 saturated carbocycles. The van der Waals surface area contributed by atoms with Crippen LogP contribution in [0.1, 0.15) is 23.8 Å². The van der Waals surface area contributed by atoms with Gasteiger partial charge in [0.2, 0.25) is 0 Å². The smallest absolute Gasteiger partial charge is 0.276 e. The summed E-state index contributed by atoms with van der Waals surface area (Å²) in [6, 6.07) is 6.61. The Balaban J connectivity index is 2.09. The van der Waals surface area contributed by atoms with Crippen LogP contribution in [0.15, 0.2) is 30.5 Å². The molecule has 2 rings (SSSR count). The summed E-state index contributed by atoms with van der Waals surface area (Å²) >= 11 is 11.7. The number of hydrogen-bond acceptors (Lipinski definition) is 2. The van der Waals surface area contributed by atoms with Crippen LogP contribution in [-0.2, 0) is 6.54 Å². The minimum Gasteiger partial charge on any atom is -0.321 e. The van der Waals surface area contributed by atoms with E-state index in [9.17, 15) is 4.79 Å². The third-order valence-electron chi connectivity index (χ3n) is 2.50. The summed E-state index contributed by atoms with van der Waals surface area (Å²) < 4.78 is 1.74. The first-order valence-corrected chi connectivity index (χ1v) is 6.65. The molecule has 0 spiro atoms. The molecule has 1 amide bonds. The number of nitrogens with one attached hydrogen (secondary N) is 1. The lowest BCUT2D eigenvalue weighted by molar-refractivity contribution is 0.102. The third-order valence-corrected chi connectivity index (χ3v) is 3.24. The van der Waals surface area contributed by atoms with Crippen molar-refractivity contribution in [2.45, 2.75) is 19.9 Å². The summed E-state index contributed by atoms with van der Waals surface area (Å²) in [5.41, 5.74) is 0.962. The topological polar surface area (TPSA) is 46.9 Å². The first-order valence-electron chi connectivity index (χ1n) is 5.90. The second-order valence-corrected chi connectivity index (χ2v) is 4.86. The molecule has 0 aliphatic rings. The number of anilines is 1. The molecule has 2 aromatic rings. The maximum absolute atomic E-state index is 12.0. The SMILES string of the molecule is CCCn1ccc(C(=O)Nc2ccc(Cl)c(Cl)c2)n1. The Morgan fingerprint density at radius 3 is 2.79 bits per heavy atom. The molecule has 0 fully saturated rings. The van der Waals surface area contributed by atoms with Gasteiger partial charge < -0.3 is 5.32 Å². The number of nitrogens with zero attached hydrogens (tertiary/aromatic N) is 2. The fourth-order valence-corrected chi connectivity index (χ4v) is 1.90. The van der Waals surface area contributed by atoms with Crippen molar-refractivity contribution in [3.8, 4) is 0 Å². The highest BCUT2D eigenvalue weighted by Crippen LogP contribution is 2.25. The highest BCUT2D eigenvalue weighted by atomic mass is 35.5. The van der Waals surface area contributed by atoms with E-state index in [0.29, 0.717) is 21.4 Å². The molecule has 0 unspecified atom stereocenters. The number of rotatable bonds is 4. The number of carbonyl (C=O) groups excluding carboxylic acids is 1. The molecule has 100 valence electrons. The Morgan fingerprint density at radius 2 is 2.11 bits per heavy atom. The zero-order valence-corrected chi connectivity index (χ0v) is 11.9. The molecule has 1 heterocycles. The van der Waals surface area contributed by atoms with Gasteiger partial charge in [-0.3, -0.25) is 9.48 Å². The van der Waals surface area contributed by atoms with Gasteiger partial charge in [0.1, 0.15) is 0 Å². The predicted octanol–water partition coefficient (Wildman–Crippen LogP) is 3.85. The van der Waals surface area contributed by atoms with Crippen LogP contribution in [0.25, 0.3) is 0 Å². The number of hydrogen-bond donors (Lipinski definition) is 1. The van der Waals surface area contributed by atoms with Crippen LogP contribution < -0.4 is 5.32 Å². The maximum atomic E-state index is 12.0. The van der Waals surface area contributed by atoms with Crippen molar-refractivity contribution in [1.82, 2.24) is 9.78 Å². The summed E-state index contributed by atoms with van der Waals surface area (Å²) in [5.74, 6) is -0.270. The molecule has 1 aromatic heterocycles. The zero-order valence-electron chi connectivity index (χ0n) is 10.4. The lowest BCUT2D eigenvalue weighted by Gasteiger charge is -2.04. The molecule has 0 atom stereocenters. The number of benzene rings is 1. The second kappa shape index (κ2) is 6.08. The van der Waals surface area contributed by atoms with Gasteiger partial charge in [-0.15, -0.1) is 0 Å². The number of aryl methyl sites for hydroxylation is 1. The lowest BCUT2D eigenvalue weighted by atomic mass is 10.3. The van der Waals surface area contributed by atoms with E-state index in [4.69, 9.17) is 23.2 Å². The molecular weight excluding hydrogens is 285 g/mol. The Morgan fingerprint density at radius 1 is 1.32 bits per heavy atom.